The Labute approximate surface area is 173 Å². The number of carbonyl (C=O) groups excluding carboxylic acids is 1. The third kappa shape index (κ3) is 3.82. The summed E-state index contributed by atoms with van der Waals surface area (Å²) in [5.41, 5.74) is 3.04. The minimum Gasteiger partial charge on any atom is -0.425 e. The summed E-state index contributed by atoms with van der Waals surface area (Å²) in [7, 11) is 2.17. The average Bonchev–Trinajstić information content (AvgIpc) is 3.28. The van der Waals surface area contributed by atoms with Gasteiger partial charge in [-0.15, -0.1) is 10.2 Å². The second kappa shape index (κ2) is 7.56. The molecule has 6 heteroatoms. The van der Waals surface area contributed by atoms with Crippen molar-refractivity contribution in [2.75, 3.05) is 33.2 Å². The first kappa shape index (κ1) is 20.1. The van der Waals surface area contributed by atoms with E-state index in [0.29, 0.717) is 18.3 Å². The zero-order chi connectivity index (χ0) is 20.8. The molecule has 0 bridgehead atoms. The van der Waals surface area contributed by atoms with Gasteiger partial charge in [0, 0.05) is 30.0 Å². The summed E-state index contributed by atoms with van der Waals surface area (Å²) in [5.74, 6) is 1.81. The van der Waals surface area contributed by atoms with Gasteiger partial charge >= 0.3 is 0 Å². The zero-order valence-electron chi connectivity index (χ0n) is 18.2. The van der Waals surface area contributed by atoms with Crippen LogP contribution in [-0.2, 0) is 0 Å². The quantitative estimate of drug-likeness (QED) is 0.790. The highest BCUT2D eigenvalue weighted by Crippen LogP contribution is 2.49. The molecule has 2 fully saturated rings. The van der Waals surface area contributed by atoms with Crippen molar-refractivity contribution in [3.8, 4) is 0 Å². The van der Waals surface area contributed by atoms with Gasteiger partial charge in [-0.1, -0.05) is 31.0 Å². The summed E-state index contributed by atoms with van der Waals surface area (Å²) in [6, 6.07) is 6.09. The number of hydrogen-bond donors (Lipinski definition) is 0. The van der Waals surface area contributed by atoms with Crippen LogP contribution >= 0.6 is 0 Å². The molecule has 0 N–H and O–H groups in total. The molecule has 1 aromatic heterocycles. The van der Waals surface area contributed by atoms with Crippen LogP contribution in [0.3, 0.4) is 0 Å². The van der Waals surface area contributed by atoms with E-state index in [0.717, 1.165) is 49.2 Å². The number of piperidine rings is 1. The lowest BCUT2D eigenvalue weighted by Gasteiger charge is -2.40. The minimum absolute atomic E-state index is 0.0157. The van der Waals surface area contributed by atoms with Crippen LogP contribution < -0.4 is 0 Å². The predicted octanol–water partition coefficient (Wildman–Crippen LogP) is 3.76. The van der Waals surface area contributed by atoms with Crippen LogP contribution in [0, 0.1) is 19.3 Å². The zero-order valence-corrected chi connectivity index (χ0v) is 18.2. The second-order valence-electron chi connectivity index (χ2n) is 9.41. The molecule has 1 spiro atoms. The van der Waals surface area contributed by atoms with Crippen molar-refractivity contribution in [3.63, 3.8) is 0 Å². The highest BCUT2D eigenvalue weighted by Gasteiger charge is 2.51. The SMILES string of the molecule is Cc1cc(C)cc(C(=O)N2CC(c3nnc(C(C)C)o3)C3(CCN(C)CC3)C2)c1. The van der Waals surface area contributed by atoms with E-state index >= 15 is 0 Å². The van der Waals surface area contributed by atoms with Crippen LogP contribution in [0.4, 0.5) is 0 Å². The molecule has 156 valence electrons. The van der Waals surface area contributed by atoms with Crippen molar-refractivity contribution in [3.05, 3.63) is 46.7 Å². The van der Waals surface area contributed by atoms with E-state index < -0.39 is 0 Å². The average molecular weight is 397 g/mol. The van der Waals surface area contributed by atoms with Crippen LogP contribution in [0.2, 0.25) is 0 Å². The van der Waals surface area contributed by atoms with Crippen molar-refractivity contribution in [1.29, 1.82) is 0 Å². The molecule has 1 aromatic carbocycles. The summed E-state index contributed by atoms with van der Waals surface area (Å²) in [4.78, 5) is 17.8. The minimum atomic E-state index is 0.0157. The molecular formula is C23H32N4O2. The Morgan fingerprint density at radius 1 is 1.14 bits per heavy atom. The van der Waals surface area contributed by atoms with Crippen LogP contribution in [0.25, 0.3) is 0 Å². The molecule has 2 aliphatic heterocycles. The Kier molecular flexibility index (Phi) is 5.23. The number of aromatic nitrogens is 2. The van der Waals surface area contributed by atoms with E-state index in [-0.39, 0.29) is 23.2 Å². The molecule has 1 amide bonds. The maximum absolute atomic E-state index is 13.4. The largest absolute Gasteiger partial charge is 0.425 e. The standard InChI is InChI=1S/C23H32N4O2/c1-15(2)20-24-25-21(29-20)19-13-27(14-23(19)6-8-26(5)9-7-23)22(28)18-11-16(3)10-17(4)12-18/h10-12,15,19H,6-9,13-14H2,1-5H3. The summed E-state index contributed by atoms with van der Waals surface area (Å²) in [6.07, 6.45) is 2.09. The lowest BCUT2D eigenvalue weighted by molar-refractivity contribution is 0.0727. The van der Waals surface area contributed by atoms with Gasteiger partial charge in [0.25, 0.3) is 5.91 Å². The first-order valence-electron chi connectivity index (χ1n) is 10.7. The Morgan fingerprint density at radius 2 is 1.79 bits per heavy atom. The maximum atomic E-state index is 13.4. The number of nitrogens with zero attached hydrogens (tertiary/aromatic N) is 4. The van der Waals surface area contributed by atoms with Gasteiger partial charge in [-0.05, 0) is 59.0 Å². The number of hydrogen-bond acceptors (Lipinski definition) is 5. The van der Waals surface area contributed by atoms with E-state index in [1.165, 1.54) is 0 Å². The van der Waals surface area contributed by atoms with Crippen LogP contribution in [-0.4, -0.2) is 59.1 Å². The molecule has 2 saturated heterocycles. The Bertz CT molecular complexity index is 876. The normalized spacial score (nSPS) is 22.0. The van der Waals surface area contributed by atoms with Crippen molar-refractivity contribution >= 4 is 5.91 Å². The summed E-state index contributed by atoms with van der Waals surface area (Å²) in [5, 5.41) is 8.69. The number of carbonyl (C=O) groups is 1. The number of rotatable bonds is 3. The van der Waals surface area contributed by atoms with Gasteiger partial charge in [0.15, 0.2) is 0 Å². The highest BCUT2D eigenvalue weighted by atomic mass is 16.4. The van der Waals surface area contributed by atoms with E-state index in [2.05, 4.69) is 42.1 Å². The number of likely N-dealkylation sites (tertiary alicyclic amines) is 2. The second-order valence-corrected chi connectivity index (χ2v) is 9.41. The smallest absolute Gasteiger partial charge is 0.253 e. The number of aryl methyl sites for hydroxylation is 2. The van der Waals surface area contributed by atoms with Gasteiger partial charge in [-0.3, -0.25) is 4.79 Å². The number of benzene rings is 1. The molecule has 2 aromatic rings. The first-order valence-corrected chi connectivity index (χ1v) is 10.7. The lowest BCUT2D eigenvalue weighted by Crippen LogP contribution is -2.42. The molecule has 0 saturated carbocycles. The van der Waals surface area contributed by atoms with E-state index in [1.54, 1.807) is 0 Å². The molecule has 1 atom stereocenters. The Hall–Kier alpha value is -2.21. The Balaban J connectivity index is 1.65. The third-order valence-electron chi connectivity index (χ3n) is 6.63. The first-order chi connectivity index (χ1) is 13.8. The Morgan fingerprint density at radius 3 is 2.38 bits per heavy atom. The maximum Gasteiger partial charge on any atom is 0.253 e. The molecular weight excluding hydrogens is 364 g/mol. The molecule has 3 heterocycles. The van der Waals surface area contributed by atoms with Gasteiger partial charge in [0.2, 0.25) is 11.8 Å². The molecule has 6 nitrogen and oxygen atoms in total. The highest BCUT2D eigenvalue weighted by molar-refractivity contribution is 5.95. The van der Waals surface area contributed by atoms with Crippen molar-refractivity contribution < 1.29 is 9.21 Å². The summed E-state index contributed by atoms with van der Waals surface area (Å²) >= 11 is 0. The molecule has 29 heavy (non-hydrogen) atoms. The van der Waals surface area contributed by atoms with E-state index in [9.17, 15) is 4.79 Å². The van der Waals surface area contributed by atoms with E-state index in [4.69, 9.17) is 4.42 Å². The fourth-order valence-electron chi connectivity index (χ4n) is 4.94. The summed E-state index contributed by atoms with van der Waals surface area (Å²) < 4.78 is 6.08. The fourth-order valence-corrected chi connectivity index (χ4v) is 4.94. The fraction of sp³-hybridized carbons (Fsp3) is 0.609. The molecule has 4 rings (SSSR count). The molecule has 1 unspecified atom stereocenters. The lowest BCUT2D eigenvalue weighted by atomic mass is 9.71. The third-order valence-corrected chi connectivity index (χ3v) is 6.63. The molecule has 0 aliphatic carbocycles. The van der Waals surface area contributed by atoms with Crippen LogP contribution in [0.1, 0.15) is 71.8 Å². The van der Waals surface area contributed by atoms with Gasteiger partial charge in [-0.25, -0.2) is 0 Å². The van der Waals surface area contributed by atoms with Crippen molar-refractivity contribution in [2.24, 2.45) is 5.41 Å². The molecule has 2 aliphatic rings. The van der Waals surface area contributed by atoms with Gasteiger partial charge in [0.1, 0.15) is 0 Å². The van der Waals surface area contributed by atoms with Gasteiger partial charge in [-0.2, -0.15) is 0 Å². The topological polar surface area (TPSA) is 62.5 Å². The van der Waals surface area contributed by atoms with Crippen LogP contribution in [0.15, 0.2) is 22.6 Å². The van der Waals surface area contributed by atoms with Crippen molar-refractivity contribution in [2.45, 2.75) is 52.4 Å². The monoisotopic (exact) mass is 396 g/mol. The molecule has 0 radical (unpaired) electrons. The van der Waals surface area contributed by atoms with E-state index in [1.807, 2.05) is 30.9 Å². The van der Waals surface area contributed by atoms with Crippen LogP contribution in [0.5, 0.6) is 0 Å². The van der Waals surface area contributed by atoms with Crippen molar-refractivity contribution in [1.82, 2.24) is 20.0 Å². The predicted molar refractivity (Wildman–Crippen MR) is 112 cm³/mol. The summed E-state index contributed by atoms with van der Waals surface area (Å²) in [6.45, 7) is 11.7. The van der Waals surface area contributed by atoms with Gasteiger partial charge < -0.3 is 14.2 Å². The number of amides is 1. The van der Waals surface area contributed by atoms with Gasteiger partial charge in [0.05, 0.1) is 5.92 Å².